The van der Waals surface area contributed by atoms with E-state index in [1.165, 1.54) is 0 Å². The lowest BCUT2D eigenvalue weighted by Gasteiger charge is -2.21. The summed E-state index contributed by atoms with van der Waals surface area (Å²) < 4.78 is 62.3. The molecule has 0 aromatic heterocycles. The zero-order chi connectivity index (χ0) is 35.1. The predicted octanol–water partition coefficient (Wildman–Crippen LogP) is 5.96. The quantitative estimate of drug-likeness (QED) is 0.148. The fraction of sp³-hybridized carbons (Fsp3) is 0.405. The van der Waals surface area contributed by atoms with Gasteiger partial charge in [-0.3, -0.25) is 14.5 Å². The third-order valence-electron chi connectivity index (χ3n) is 8.29. The largest absolute Gasteiger partial charge is 0.493 e. The third kappa shape index (κ3) is 7.48. The van der Waals surface area contributed by atoms with Gasteiger partial charge in [0.2, 0.25) is 5.75 Å². The molecule has 3 aromatic carbocycles. The van der Waals surface area contributed by atoms with Crippen LogP contribution in [-0.4, -0.2) is 72.0 Å². The molecule has 0 N–H and O–H groups in total. The maximum Gasteiger partial charge on any atom is 0.262 e. The van der Waals surface area contributed by atoms with Gasteiger partial charge in [0.15, 0.2) is 32.8 Å². The molecule has 2 amide bonds. The molecule has 0 saturated carbocycles. The van der Waals surface area contributed by atoms with E-state index < -0.39 is 27.8 Å². The van der Waals surface area contributed by atoms with Gasteiger partial charge < -0.3 is 28.4 Å². The van der Waals surface area contributed by atoms with E-state index in [0.29, 0.717) is 59.6 Å². The number of amides is 2. The minimum absolute atomic E-state index is 0.0362. The Kier molecular flexibility index (Phi) is 11.4. The van der Waals surface area contributed by atoms with E-state index in [2.05, 4.69) is 11.8 Å². The Morgan fingerprint density at radius 2 is 1.37 bits per heavy atom. The minimum Gasteiger partial charge on any atom is -0.493 e. The van der Waals surface area contributed by atoms with Gasteiger partial charge >= 0.3 is 0 Å². The van der Waals surface area contributed by atoms with Crippen LogP contribution in [0.15, 0.2) is 53.4 Å². The van der Waals surface area contributed by atoms with Crippen molar-refractivity contribution in [2.75, 3.05) is 46.8 Å². The summed E-state index contributed by atoms with van der Waals surface area (Å²) in [5.74, 6) is 6.66. The highest BCUT2D eigenvalue weighted by atomic mass is 32.2. The van der Waals surface area contributed by atoms with Crippen LogP contribution in [0.5, 0.6) is 28.7 Å². The number of methoxy groups -OCH3 is 3. The van der Waals surface area contributed by atoms with Crippen molar-refractivity contribution in [2.45, 2.75) is 56.6 Å². The summed E-state index contributed by atoms with van der Waals surface area (Å²) in [6.07, 6.45) is 1.58. The van der Waals surface area contributed by atoms with Crippen molar-refractivity contribution in [3.63, 3.8) is 0 Å². The van der Waals surface area contributed by atoms with Crippen LogP contribution in [0.1, 0.15) is 83.6 Å². The zero-order valence-electron chi connectivity index (χ0n) is 28.4. The van der Waals surface area contributed by atoms with E-state index in [-0.39, 0.29) is 48.0 Å². The monoisotopic (exact) mass is 691 g/mol. The van der Waals surface area contributed by atoms with E-state index in [1.54, 1.807) is 64.7 Å². The first-order chi connectivity index (χ1) is 23.7. The molecule has 1 fully saturated rings. The highest BCUT2D eigenvalue weighted by Gasteiger charge is 2.35. The van der Waals surface area contributed by atoms with Gasteiger partial charge in [0.1, 0.15) is 11.5 Å². The Balaban J connectivity index is 1.42. The van der Waals surface area contributed by atoms with Crippen molar-refractivity contribution in [3.8, 4) is 40.6 Å². The second kappa shape index (κ2) is 15.7. The van der Waals surface area contributed by atoms with Crippen LogP contribution < -0.4 is 23.7 Å². The highest BCUT2D eigenvalue weighted by molar-refractivity contribution is 7.91. The van der Waals surface area contributed by atoms with Crippen molar-refractivity contribution >= 4 is 21.7 Å². The van der Waals surface area contributed by atoms with Crippen molar-refractivity contribution in [1.29, 1.82) is 0 Å². The molecule has 5 rings (SSSR count). The van der Waals surface area contributed by atoms with Crippen molar-refractivity contribution in [3.05, 3.63) is 70.8 Å². The Hall–Kier alpha value is -4.73. The highest BCUT2D eigenvalue weighted by Crippen LogP contribution is 2.48. The van der Waals surface area contributed by atoms with Crippen LogP contribution in [0.25, 0.3) is 0 Å². The first-order valence-electron chi connectivity index (χ1n) is 16.2. The van der Waals surface area contributed by atoms with Crippen molar-refractivity contribution in [1.82, 2.24) is 4.90 Å². The van der Waals surface area contributed by atoms with Crippen molar-refractivity contribution < 1.29 is 46.4 Å². The standard InChI is InChI=1S/C37H41NO10S/c1-6-17-47-35-32(46-18-11-10-16-38-36(39)26-12-8-9-13-27(26)37(38)40)22-25(23-33(35)49(41,42)19-7-2)29-15-14-28(48-29)24-20-30(43-3)34(45-5)31(21-24)44-4/h8-9,12-13,20-23,28-29H,6-7,14-19H2,1-5H3. The maximum absolute atomic E-state index is 13.6. The van der Waals surface area contributed by atoms with E-state index in [1.807, 2.05) is 19.1 Å². The van der Waals surface area contributed by atoms with Crippen LogP contribution in [-0.2, 0) is 14.6 Å². The number of carbonyl (C=O) groups excluding carboxylic acids is 2. The molecule has 11 nitrogen and oxygen atoms in total. The summed E-state index contributed by atoms with van der Waals surface area (Å²) in [5.41, 5.74) is 2.16. The lowest BCUT2D eigenvalue weighted by Crippen LogP contribution is -2.30. The number of fused-ring (bicyclic) bond motifs is 1. The minimum atomic E-state index is -3.75. The summed E-state index contributed by atoms with van der Waals surface area (Å²) in [6.45, 7) is 3.76. The molecule has 260 valence electrons. The molecule has 2 aliphatic heterocycles. The number of hydrogen-bond acceptors (Lipinski definition) is 10. The average molecular weight is 692 g/mol. The number of benzene rings is 3. The Morgan fingerprint density at radius 1 is 0.776 bits per heavy atom. The summed E-state index contributed by atoms with van der Waals surface area (Å²) >= 11 is 0. The predicted molar refractivity (Wildman–Crippen MR) is 182 cm³/mol. The van der Waals surface area contributed by atoms with Crippen LogP contribution in [0.4, 0.5) is 0 Å². The van der Waals surface area contributed by atoms with Crippen LogP contribution in [0.2, 0.25) is 0 Å². The lowest BCUT2D eigenvalue weighted by atomic mass is 10.0. The Morgan fingerprint density at radius 3 is 1.92 bits per heavy atom. The van der Waals surface area contributed by atoms with E-state index >= 15 is 0 Å². The number of sulfone groups is 1. The maximum atomic E-state index is 13.6. The zero-order valence-corrected chi connectivity index (χ0v) is 29.2. The van der Waals surface area contributed by atoms with Crippen molar-refractivity contribution in [2.24, 2.45) is 0 Å². The smallest absolute Gasteiger partial charge is 0.262 e. The molecule has 0 aliphatic carbocycles. The molecule has 12 heteroatoms. The topological polar surface area (TPSA) is 127 Å². The molecule has 0 spiro atoms. The molecule has 49 heavy (non-hydrogen) atoms. The van der Waals surface area contributed by atoms with Gasteiger partial charge in [-0.05, 0) is 73.2 Å². The molecule has 2 heterocycles. The summed E-state index contributed by atoms with van der Waals surface area (Å²) in [4.78, 5) is 26.5. The van der Waals surface area contributed by atoms with E-state index in [9.17, 15) is 18.0 Å². The third-order valence-corrected chi connectivity index (χ3v) is 10.2. The molecule has 0 radical (unpaired) electrons. The molecule has 2 unspecified atom stereocenters. The molecule has 1 saturated heterocycles. The first kappa shape index (κ1) is 35.6. The summed E-state index contributed by atoms with van der Waals surface area (Å²) in [5, 5.41) is 0. The van der Waals surface area contributed by atoms with Gasteiger partial charge in [0.05, 0.1) is 63.6 Å². The number of ether oxygens (including phenoxy) is 6. The number of nitrogens with zero attached hydrogens (tertiary/aromatic N) is 1. The van der Waals surface area contributed by atoms with Gasteiger partial charge in [-0.1, -0.05) is 37.8 Å². The number of imide groups is 1. The number of carbonyl (C=O) groups is 2. The lowest BCUT2D eigenvalue weighted by molar-refractivity contribution is 0.0435. The molecular formula is C37H41NO10S. The van der Waals surface area contributed by atoms with Crippen LogP contribution in [0, 0.1) is 11.8 Å². The summed E-state index contributed by atoms with van der Waals surface area (Å²) in [7, 11) is 0.898. The van der Waals surface area contributed by atoms with Gasteiger partial charge in [0, 0.05) is 0 Å². The average Bonchev–Trinajstić information content (AvgIpc) is 3.70. The summed E-state index contributed by atoms with van der Waals surface area (Å²) in [6, 6.07) is 13.7. The molecule has 3 aromatic rings. The normalized spacial score (nSPS) is 17.0. The second-order valence-corrected chi connectivity index (χ2v) is 13.6. The number of hydrogen-bond donors (Lipinski definition) is 0. The fourth-order valence-corrected chi connectivity index (χ4v) is 7.46. The SMILES string of the molecule is CCCOc1c(OCC#CCN2C(=O)c3ccccc3C2=O)cc(C2CCC(c3cc(OC)c(OC)c(OC)c3)O2)cc1S(=O)(=O)CCC. The van der Waals surface area contributed by atoms with E-state index in [0.717, 1.165) is 10.5 Å². The Bertz CT molecular complexity index is 1820. The van der Waals surface area contributed by atoms with Gasteiger partial charge in [-0.15, -0.1) is 0 Å². The Labute approximate surface area is 287 Å². The van der Waals surface area contributed by atoms with Gasteiger partial charge in [-0.2, -0.15) is 0 Å². The van der Waals surface area contributed by atoms with Gasteiger partial charge in [-0.25, -0.2) is 8.42 Å². The van der Waals surface area contributed by atoms with Crippen LogP contribution in [0.3, 0.4) is 0 Å². The first-order valence-corrected chi connectivity index (χ1v) is 17.8. The molecule has 0 bridgehead atoms. The molecule has 2 aliphatic rings. The number of rotatable bonds is 14. The fourth-order valence-electron chi connectivity index (χ4n) is 5.94. The van der Waals surface area contributed by atoms with Gasteiger partial charge in [0.25, 0.3) is 11.8 Å². The molecule has 2 atom stereocenters. The van der Waals surface area contributed by atoms with Crippen LogP contribution >= 0.6 is 0 Å². The second-order valence-electron chi connectivity index (χ2n) is 11.5. The molecular weight excluding hydrogens is 650 g/mol. The van der Waals surface area contributed by atoms with E-state index in [4.69, 9.17) is 28.4 Å².